The van der Waals surface area contributed by atoms with E-state index in [0.717, 1.165) is 15.7 Å². The van der Waals surface area contributed by atoms with Crippen molar-refractivity contribution in [3.63, 3.8) is 0 Å². The van der Waals surface area contributed by atoms with Crippen molar-refractivity contribution in [2.24, 2.45) is 5.92 Å². The standard InChI is InChI=1S/C36H42F3N5O4/c1-6-47-31-20-26(10-13-30(31)48-23(4)5)32(43-27-11-12-29-25(19-27)14-16-41-33(29)40)34(45)42-21-24-8-7-9-28(18-24)44(17-15-22(2)3)35(46)36(37,38)39/h7-14,16,18-20,22-23,32,43H,6,15,17,21H2,1-5H3,(H2,40,41)(H,42,45). The smallest absolute Gasteiger partial charge is 0.471 e. The van der Waals surface area contributed by atoms with E-state index < -0.39 is 24.0 Å². The van der Waals surface area contributed by atoms with Gasteiger partial charge in [-0.25, -0.2) is 4.98 Å². The zero-order valence-electron chi connectivity index (χ0n) is 27.7. The first-order valence-corrected chi connectivity index (χ1v) is 15.9. The van der Waals surface area contributed by atoms with E-state index >= 15 is 0 Å². The van der Waals surface area contributed by atoms with E-state index in [2.05, 4.69) is 15.6 Å². The lowest BCUT2D eigenvalue weighted by Gasteiger charge is -2.25. The molecule has 0 aliphatic heterocycles. The van der Waals surface area contributed by atoms with Crippen molar-refractivity contribution in [1.82, 2.24) is 10.3 Å². The lowest BCUT2D eigenvalue weighted by molar-refractivity contribution is -0.170. The number of amides is 2. The maximum absolute atomic E-state index is 13.9. The molecule has 12 heteroatoms. The molecule has 0 saturated heterocycles. The van der Waals surface area contributed by atoms with Crippen LogP contribution in [-0.2, 0) is 16.1 Å². The Morgan fingerprint density at radius 3 is 2.44 bits per heavy atom. The fraction of sp³-hybridized carbons (Fsp3) is 0.361. The summed E-state index contributed by atoms with van der Waals surface area (Å²) >= 11 is 0. The van der Waals surface area contributed by atoms with E-state index in [1.807, 2.05) is 52.8 Å². The number of nitrogens with zero attached hydrogens (tertiary/aromatic N) is 2. The minimum atomic E-state index is -5.03. The Labute approximate surface area is 278 Å². The van der Waals surface area contributed by atoms with Crippen LogP contribution >= 0.6 is 0 Å². The SMILES string of the molecule is CCOc1cc(C(Nc2ccc3c(N)nccc3c2)C(=O)NCc2cccc(N(CCC(C)C)C(=O)C(F)(F)F)c2)ccc1OC(C)C. The van der Waals surface area contributed by atoms with Crippen molar-refractivity contribution in [3.8, 4) is 11.5 Å². The van der Waals surface area contributed by atoms with Crippen molar-refractivity contribution in [3.05, 3.63) is 84.1 Å². The second-order valence-electron chi connectivity index (χ2n) is 12.0. The number of ether oxygens (including phenoxy) is 2. The fourth-order valence-electron chi connectivity index (χ4n) is 5.10. The van der Waals surface area contributed by atoms with E-state index in [1.165, 1.54) is 12.1 Å². The highest BCUT2D eigenvalue weighted by Crippen LogP contribution is 2.34. The highest BCUT2D eigenvalue weighted by atomic mass is 19.4. The Kier molecular flexibility index (Phi) is 11.7. The van der Waals surface area contributed by atoms with E-state index in [4.69, 9.17) is 15.2 Å². The number of alkyl halides is 3. The topological polar surface area (TPSA) is 119 Å². The average Bonchev–Trinajstić information content (AvgIpc) is 3.03. The highest BCUT2D eigenvalue weighted by molar-refractivity contribution is 5.97. The minimum absolute atomic E-state index is 0.00410. The summed E-state index contributed by atoms with van der Waals surface area (Å²) in [6.07, 6.45) is -3.14. The molecule has 2 amide bonds. The van der Waals surface area contributed by atoms with Gasteiger partial charge in [-0.1, -0.05) is 32.0 Å². The molecule has 0 aliphatic rings. The van der Waals surface area contributed by atoms with Gasteiger partial charge in [-0.2, -0.15) is 13.2 Å². The number of rotatable bonds is 14. The van der Waals surface area contributed by atoms with Gasteiger partial charge in [0.25, 0.3) is 0 Å². The summed E-state index contributed by atoms with van der Waals surface area (Å²) in [5, 5.41) is 7.82. The number of nitrogens with two attached hydrogens (primary N) is 1. The van der Waals surface area contributed by atoms with Gasteiger partial charge in [0, 0.05) is 36.0 Å². The zero-order chi connectivity index (χ0) is 35.0. The summed E-state index contributed by atoms with van der Waals surface area (Å²) in [5.74, 6) is -0.849. The molecule has 4 aromatic rings. The van der Waals surface area contributed by atoms with Crippen LogP contribution in [0.2, 0.25) is 0 Å². The van der Waals surface area contributed by atoms with Crippen LogP contribution < -0.4 is 30.7 Å². The number of benzene rings is 3. The first-order chi connectivity index (χ1) is 22.8. The summed E-state index contributed by atoms with van der Waals surface area (Å²) in [5.41, 5.74) is 7.89. The zero-order valence-corrected chi connectivity index (χ0v) is 27.7. The number of aromatic nitrogens is 1. The Balaban J connectivity index is 1.64. The summed E-state index contributed by atoms with van der Waals surface area (Å²) < 4.78 is 52.2. The third-order valence-electron chi connectivity index (χ3n) is 7.44. The molecular weight excluding hydrogens is 623 g/mol. The molecule has 1 atom stereocenters. The molecule has 3 aromatic carbocycles. The van der Waals surface area contributed by atoms with Gasteiger partial charge in [0.05, 0.1) is 12.7 Å². The Morgan fingerprint density at radius 2 is 1.75 bits per heavy atom. The molecule has 0 bridgehead atoms. The third kappa shape index (κ3) is 9.30. The lowest BCUT2D eigenvalue weighted by Crippen LogP contribution is -2.42. The van der Waals surface area contributed by atoms with E-state index in [0.29, 0.717) is 47.2 Å². The number of carbonyl (C=O) groups is 2. The van der Waals surface area contributed by atoms with Gasteiger partial charge in [-0.3, -0.25) is 9.59 Å². The van der Waals surface area contributed by atoms with Crippen LogP contribution in [0.4, 0.5) is 30.4 Å². The number of anilines is 3. The van der Waals surface area contributed by atoms with Crippen molar-refractivity contribution >= 4 is 39.8 Å². The summed E-state index contributed by atoms with van der Waals surface area (Å²) in [6, 6.07) is 17.8. The average molecular weight is 666 g/mol. The van der Waals surface area contributed by atoms with Crippen LogP contribution in [0.15, 0.2) is 72.9 Å². The number of pyridine rings is 1. The van der Waals surface area contributed by atoms with Crippen LogP contribution in [0.1, 0.15) is 58.2 Å². The number of hydrogen-bond acceptors (Lipinski definition) is 7. The van der Waals surface area contributed by atoms with Gasteiger partial charge in [0.2, 0.25) is 5.91 Å². The molecule has 256 valence electrons. The van der Waals surface area contributed by atoms with Crippen molar-refractivity contribution in [2.75, 3.05) is 29.1 Å². The molecule has 4 rings (SSSR count). The first kappa shape index (κ1) is 35.8. The Morgan fingerprint density at radius 1 is 0.979 bits per heavy atom. The Hall–Kier alpha value is -5.00. The number of carbonyl (C=O) groups excluding carboxylic acids is 2. The molecule has 0 fully saturated rings. The fourth-order valence-corrected chi connectivity index (χ4v) is 5.10. The van der Waals surface area contributed by atoms with Crippen LogP contribution in [0.25, 0.3) is 10.8 Å². The molecule has 1 unspecified atom stereocenters. The van der Waals surface area contributed by atoms with Crippen LogP contribution in [0.5, 0.6) is 11.5 Å². The maximum Gasteiger partial charge on any atom is 0.471 e. The molecule has 1 aromatic heterocycles. The number of nitrogens with one attached hydrogen (secondary N) is 2. The largest absolute Gasteiger partial charge is 0.490 e. The van der Waals surface area contributed by atoms with Gasteiger partial charge < -0.3 is 30.7 Å². The Bertz CT molecular complexity index is 1730. The van der Waals surface area contributed by atoms with Gasteiger partial charge >= 0.3 is 12.1 Å². The summed E-state index contributed by atoms with van der Waals surface area (Å²) in [6.45, 7) is 9.69. The van der Waals surface area contributed by atoms with E-state index in [9.17, 15) is 22.8 Å². The van der Waals surface area contributed by atoms with Crippen molar-refractivity contribution in [2.45, 2.75) is 65.9 Å². The van der Waals surface area contributed by atoms with Gasteiger partial charge in [-0.05, 0) is 98.2 Å². The number of hydrogen-bond donors (Lipinski definition) is 3. The molecule has 1 heterocycles. The van der Waals surface area contributed by atoms with E-state index in [-0.39, 0.29) is 30.8 Å². The van der Waals surface area contributed by atoms with Crippen molar-refractivity contribution in [1.29, 1.82) is 0 Å². The monoisotopic (exact) mass is 665 g/mol. The molecule has 0 spiro atoms. The minimum Gasteiger partial charge on any atom is -0.490 e. The maximum atomic E-state index is 13.9. The number of fused-ring (bicyclic) bond motifs is 1. The molecule has 9 nitrogen and oxygen atoms in total. The third-order valence-corrected chi connectivity index (χ3v) is 7.44. The van der Waals surface area contributed by atoms with Gasteiger partial charge in [0.1, 0.15) is 11.9 Å². The van der Waals surface area contributed by atoms with Crippen LogP contribution in [0, 0.1) is 5.92 Å². The molecule has 0 aliphatic carbocycles. The quantitative estimate of drug-likeness (QED) is 0.128. The predicted molar refractivity (Wildman–Crippen MR) is 182 cm³/mol. The molecule has 48 heavy (non-hydrogen) atoms. The normalized spacial score (nSPS) is 12.2. The second kappa shape index (κ2) is 15.7. The molecular formula is C36H42F3N5O4. The highest BCUT2D eigenvalue weighted by Gasteiger charge is 2.43. The molecule has 0 saturated carbocycles. The second-order valence-corrected chi connectivity index (χ2v) is 12.0. The summed E-state index contributed by atoms with van der Waals surface area (Å²) in [4.78, 5) is 31.1. The lowest BCUT2D eigenvalue weighted by atomic mass is 10.0. The first-order valence-electron chi connectivity index (χ1n) is 15.9. The van der Waals surface area contributed by atoms with Crippen LogP contribution in [-0.4, -0.2) is 42.2 Å². The summed E-state index contributed by atoms with van der Waals surface area (Å²) in [7, 11) is 0. The van der Waals surface area contributed by atoms with Crippen LogP contribution in [0.3, 0.4) is 0 Å². The molecule has 0 radical (unpaired) electrons. The van der Waals surface area contributed by atoms with E-state index in [1.54, 1.807) is 42.6 Å². The van der Waals surface area contributed by atoms with Crippen molar-refractivity contribution < 1.29 is 32.2 Å². The predicted octanol–water partition coefficient (Wildman–Crippen LogP) is 7.41. The number of halogens is 3. The van der Waals surface area contributed by atoms with Gasteiger partial charge in [-0.15, -0.1) is 0 Å². The molecule has 4 N–H and O–H groups in total. The van der Waals surface area contributed by atoms with Gasteiger partial charge in [0.15, 0.2) is 11.5 Å². The number of nitrogen functional groups attached to an aromatic ring is 1.